The van der Waals surface area contributed by atoms with Gasteiger partial charge in [-0.1, -0.05) is 6.07 Å². The van der Waals surface area contributed by atoms with Gasteiger partial charge in [0.15, 0.2) is 0 Å². The average Bonchev–Trinajstić information content (AvgIpc) is 2.71. The number of rotatable bonds is 2. The Bertz CT molecular complexity index is 878. The van der Waals surface area contributed by atoms with Gasteiger partial charge >= 0.3 is 6.03 Å². The lowest BCUT2D eigenvalue weighted by Crippen LogP contribution is -2.53. The second kappa shape index (κ2) is 7.27. The molecule has 0 aliphatic carbocycles. The van der Waals surface area contributed by atoms with Crippen molar-refractivity contribution in [3.63, 3.8) is 0 Å². The van der Waals surface area contributed by atoms with Gasteiger partial charge in [0.1, 0.15) is 28.8 Å². The smallest absolute Gasteiger partial charge is 0.322 e. The first-order valence-corrected chi connectivity index (χ1v) is 8.99. The Balaban J connectivity index is 1.40. The van der Waals surface area contributed by atoms with Crippen molar-refractivity contribution in [3.8, 4) is 11.5 Å². The number of ether oxygens (including phenoxy) is 3. The topological polar surface area (TPSA) is 60.0 Å². The number of likely N-dealkylation sites (tertiary alicyclic amines) is 1. The fraction of sp³-hybridized carbons (Fsp3) is 0.350. The van der Waals surface area contributed by atoms with Gasteiger partial charge in [-0.05, 0) is 30.3 Å². The van der Waals surface area contributed by atoms with Crippen LogP contribution in [0.1, 0.15) is 18.4 Å². The summed E-state index contributed by atoms with van der Waals surface area (Å²) in [5.41, 5.74) is 0.459. The minimum Gasteiger partial charge on any atom is -0.497 e. The molecule has 0 saturated carbocycles. The van der Waals surface area contributed by atoms with Crippen molar-refractivity contribution in [1.29, 1.82) is 0 Å². The normalized spacial score (nSPS) is 17.6. The van der Waals surface area contributed by atoms with E-state index in [1.165, 1.54) is 11.0 Å². The molecule has 2 amide bonds. The molecule has 0 aromatic heterocycles. The molecule has 2 heterocycles. The van der Waals surface area contributed by atoms with Gasteiger partial charge < -0.3 is 24.4 Å². The van der Waals surface area contributed by atoms with Gasteiger partial charge in [-0.2, -0.15) is 0 Å². The third-order valence-corrected chi connectivity index (χ3v) is 5.06. The highest BCUT2D eigenvalue weighted by Crippen LogP contribution is 2.38. The summed E-state index contributed by atoms with van der Waals surface area (Å²) in [7, 11) is 1.60. The van der Waals surface area contributed by atoms with E-state index in [-0.39, 0.29) is 0 Å². The first kappa shape index (κ1) is 18.5. The third kappa shape index (κ3) is 3.47. The number of nitrogens with zero attached hydrogens (tertiary/aromatic N) is 1. The number of carbonyl (C=O) groups is 1. The van der Waals surface area contributed by atoms with Gasteiger partial charge in [-0.25, -0.2) is 13.6 Å². The minimum atomic E-state index is -0.812. The first-order valence-electron chi connectivity index (χ1n) is 8.99. The van der Waals surface area contributed by atoms with Crippen LogP contribution in [0.2, 0.25) is 0 Å². The van der Waals surface area contributed by atoms with Crippen molar-refractivity contribution < 1.29 is 27.8 Å². The molecule has 2 aliphatic rings. The number of para-hydroxylation sites is 1. The maximum Gasteiger partial charge on any atom is 0.322 e. The molecular formula is C20H20F2N2O4. The van der Waals surface area contributed by atoms with E-state index in [1.54, 1.807) is 7.11 Å². The van der Waals surface area contributed by atoms with Gasteiger partial charge in [0.25, 0.3) is 0 Å². The predicted molar refractivity (Wildman–Crippen MR) is 97.3 cm³/mol. The van der Waals surface area contributed by atoms with Crippen molar-refractivity contribution in [2.45, 2.75) is 25.2 Å². The second-order valence-electron chi connectivity index (χ2n) is 6.79. The molecule has 2 aliphatic heterocycles. The van der Waals surface area contributed by atoms with Gasteiger partial charge in [0.2, 0.25) is 5.79 Å². The number of hydrogen-bond acceptors (Lipinski definition) is 4. The highest BCUT2D eigenvalue weighted by molar-refractivity contribution is 5.89. The number of nitrogens with one attached hydrogen (secondary N) is 1. The Kier molecular flexibility index (Phi) is 4.80. The average molecular weight is 390 g/mol. The van der Waals surface area contributed by atoms with E-state index in [0.29, 0.717) is 32.5 Å². The molecule has 0 bridgehead atoms. The van der Waals surface area contributed by atoms with Crippen molar-refractivity contribution in [2.24, 2.45) is 0 Å². The van der Waals surface area contributed by atoms with Crippen molar-refractivity contribution >= 4 is 11.7 Å². The summed E-state index contributed by atoms with van der Waals surface area (Å²) in [4.78, 5) is 13.9. The zero-order valence-corrected chi connectivity index (χ0v) is 15.3. The van der Waals surface area contributed by atoms with Crippen molar-refractivity contribution in [1.82, 2.24) is 4.90 Å². The number of fused-ring (bicyclic) bond motifs is 1. The van der Waals surface area contributed by atoms with E-state index in [2.05, 4.69) is 5.32 Å². The lowest BCUT2D eigenvalue weighted by molar-refractivity contribution is -0.225. The first-order chi connectivity index (χ1) is 13.5. The number of benzene rings is 2. The molecule has 0 unspecified atom stereocenters. The SMILES string of the molecule is COc1ccc2c(c1)COC1(CCN(C(=O)Nc3c(F)cccc3F)CC1)O2. The molecule has 4 rings (SSSR count). The number of carbonyl (C=O) groups excluding carboxylic acids is 1. The van der Waals surface area contributed by atoms with Gasteiger partial charge in [-0.3, -0.25) is 0 Å². The van der Waals surface area contributed by atoms with Crippen molar-refractivity contribution in [2.75, 3.05) is 25.5 Å². The number of anilines is 1. The van der Waals surface area contributed by atoms with Crippen LogP contribution >= 0.6 is 0 Å². The Labute approximate surface area is 161 Å². The van der Waals surface area contributed by atoms with Crippen LogP contribution in [0.5, 0.6) is 11.5 Å². The maximum absolute atomic E-state index is 13.7. The zero-order chi connectivity index (χ0) is 19.7. The fourth-order valence-corrected chi connectivity index (χ4v) is 3.43. The molecule has 8 heteroatoms. The quantitative estimate of drug-likeness (QED) is 0.845. The van der Waals surface area contributed by atoms with Gasteiger partial charge in [0, 0.05) is 31.5 Å². The van der Waals surface area contributed by atoms with E-state index in [9.17, 15) is 13.6 Å². The molecular weight excluding hydrogens is 370 g/mol. The van der Waals surface area contributed by atoms with Crippen LogP contribution in [-0.4, -0.2) is 36.9 Å². The molecule has 0 radical (unpaired) electrons. The summed E-state index contributed by atoms with van der Waals surface area (Å²) < 4.78 is 44.7. The van der Waals surface area contributed by atoms with E-state index in [0.717, 1.165) is 29.2 Å². The van der Waals surface area contributed by atoms with Crippen LogP contribution in [0.15, 0.2) is 36.4 Å². The van der Waals surface area contributed by atoms with Gasteiger partial charge in [-0.15, -0.1) is 0 Å². The standard InChI is InChI=1S/C20H20F2N2O4/c1-26-14-5-6-17-13(11-14)12-27-20(28-17)7-9-24(10-8-20)19(25)23-18-15(21)3-2-4-16(18)22/h2-6,11H,7-10,12H2,1H3,(H,23,25). The number of amides is 2. The summed E-state index contributed by atoms with van der Waals surface area (Å²) in [5, 5.41) is 2.31. The number of halogens is 2. The Morgan fingerprint density at radius 3 is 2.57 bits per heavy atom. The molecule has 1 fully saturated rings. The van der Waals surface area contributed by atoms with Crippen LogP contribution in [-0.2, 0) is 11.3 Å². The number of urea groups is 1. The molecule has 28 heavy (non-hydrogen) atoms. The van der Waals surface area contributed by atoms with E-state index in [4.69, 9.17) is 14.2 Å². The highest BCUT2D eigenvalue weighted by Gasteiger charge is 2.42. The molecule has 2 aromatic carbocycles. The summed E-state index contributed by atoms with van der Waals surface area (Å²) in [6, 6.07) is 8.42. The second-order valence-corrected chi connectivity index (χ2v) is 6.79. The molecule has 0 atom stereocenters. The number of methoxy groups -OCH3 is 1. The van der Waals surface area contributed by atoms with Crippen LogP contribution < -0.4 is 14.8 Å². The molecule has 1 saturated heterocycles. The molecule has 1 spiro atoms. The van der Waals surface area contributed by atoms with E-state index < -0.39 is 29.1 Å². The number of piperidine rings is 1. The lowest BCUT2D eigenvalue weighted by Gasteiger charge is -2.43. The van der Waals surface area contributed by atoms with Crippen LogP contribution in [0.3, 0.4) is 0 Å². The predicted octanol–water partition coefficient (Wildman–Crippen LogP) is 3.91. The Hall–Kier alpha value is -2.87. The highest BCUT2D eigenvalue weighted by atomic mass is 19.1. The maximum atomic E-state index is 13.7. The monoisotopic (exact) mass is 390 g/mol. The van der Waals surface area contributed by atoms with Crippen LogP contribution in [0.25, 0.3) is 0 Å². The summed E-state index contributed by atoms with van der Waals surface area (Å²) in [5.74, 6) is -0.963. The molecule has 2 aromatic rings. The number of hydrogen-bond donors (Lipinski definition) is 1. The fourth-order valence-electron chi connectivity index (χ4n) is 3.43. The Morgan fingerprint density at radius 2 is 1.89 bits per heavy atom. The summed E-state index contributed by atoms with van der Waals surface area (Å²) in [6.45, 7) is 1.07. The summed E-state index contributed by atoms with van der Waals surface area (Å²) >= 11 is 0. The molecule has 6 nitrogen and oxygen atoms in total. The zero-order valence-electron chi connectivity index (χ0n) is 15.3. The molecule has 1 N–H and O–H groups in total. The summed E-state index contributed by atoms with van der Waals surface area (Å²) in [6.07, 6.45) is 0.900. The Morgan fingerprint density at radius 1 is 1.18 bits per heavy atom. The van der Waals surface area contributed by atoms with Crippen LogP contribution in [0, 0.1) is 11.6 Å². The van der Waals surface area contributed by atoms with Crippen LogP contribution in [0.4, 0.5) is 19.3 Å². The van der Waals surface area contributed by atoms with Gasteiger partial charge in [0.05, 0.1) is 13.7 Å². The molecule has 148 valence electrons. The van der Waals surface area contributed by atoms with E-state index in [1.807, 2.05) is 18.2 Å². The minimum absolute atomic E-state index is 0.341. The van der Waals surface area contributed by atoms with Crippen molar-refractivity contribution in [3.05, 3.63) is 53.6 Å². The lowest BCUT2D eigenvalue weighted by atomic mass is 10.0. The largest absolute Gasteiger partial charge is 0.497 e. The van der Waals surface area contributed by atoms with E-state index >= 15 is 0 Å². The third-order valence-electron chi connectivity index (χ3n) is 5.06.